The molecule has 0 heterocycles. The molecule has 0 saturated heterocycles. The smallest absolute Gasteiger partial charge is 0.281 e. The summed E-state index contributed by atoms with van der Waals surface area (Å²) >= 11 is 0. The lowest BCUT2D eigenvalue weighted by Crippen LogP contribution is -2.25. The summed E-state index contributed by atoms with van der Waals surface area (Å²) in [6.07, 6.45) is 0. The molecular formula is C18H9B4F15. The SMILES string of the molecule is B.FB(F)c1ccc(F)c(F)c1F.FB(F)c1ccc(F)c(F)c1F.FB(F)c1ccc(F)c(F)c1F. The molecule has 3 aromatic rings. The van der Waals surface area contributed by atoms with Gasteiger partial charge >= 0.3 is 21.8 Å². The molecule has 198 valence electrons. The average molecular weight is 553 g/mol. The second-order valence-corrected chi connectivity index (χ2v) is 6.20. The van der Waals surface area contributed by atoms with Gasteiger partial charge < -0.3 is 0 Å². The molecule has 0 saturated carbocycles. The van der Waals surface area contributed by atoms with Crippen LogP contribution in [0, 0.1) is 52.4 Å². The minimum absolute atomic E-state index is 0. The summed E-state index contributed by atoms with van der Waals surface area (Å²) in [5, 5.41) is 0. The summed E-state index contributed by atoms with van der Waals surface area (Å²) in [5.74, 6) is -15.5. The maximum absolute atomic E-state index is 12.4. The third-order valence-corrected chi connectivity index (χ3v) is 3.90. The van der Waals surface area contributed by atoms with Gasteiger partial charge in [-0.25, -0.2) is 39.5 Å². The fourth-order valence-electron chi connectivity index (χ4n) is 2.13. The molecule has 0 aliphatic heterocycles. The highest BCUT2D eigenvalue weighted by atomic mass is 19.2. The second kappa shape index (κ2) is 14.6. The molecule has 3 aromatic carbocycles. The van der Waals surface area contributed by atoms with Crippen LogP contribution >= 0.6 is 0 Å². The quantitative estimate of drug-likeness (QED) is 0.261. The number of hydrogen-bond donors (Lipinski definition) is 0. The number of halogens is 15. The molecule has 0 aromatic heterocycles. The van der Waals surface area contributed by atoms with Gasteiger partial charge in [-0.2, -0.15) is 0 Å². The molecule has 0 fully saturated rings. The zero-order valence-corrected chi connectivity index (χ0v) is 16.9. The van der Waals surface area contributed by atoms with Gasteiger partial charge in [-0.15, -0.1) is 0 Å². The Bertz CT molecular complexity index is 1040. The van der Waals surface area contributed by atoms with E-state index in [1.807, 2.05) is 0 Å². The van der Waals surface area contributed by atoms with Crippen molar-refractivity contribution < 1.29 is 65.4 Å². The second-order valence-electron chi connectivity index (χ2n) is 6.20. The molecule has 0 aliphatic rings. The average Bonchev–Trinajstić information content (AvgIpc) is 2.79. The largest absolute Gasteiger partial charge is 0.575 e. The minimum atomic E-state index is -3.14. The zero-order valence-electron chi connectivity index (χ0n) is 16.9. The molecule has 19 heteroatoms. The van der Waals surface area contributed by atoms with Crippen molar-refractivity contribution in [3.63, 3.8) is 0 Å². The van der Waals surface area contributed by atoms with Gasteiger partial charge in [0.05, 0.1) is 8.41 Å². The van der Waals surface area contributed by atoms with Crippen molar-refractivity contribution in [1.29, 1.82) is 0 Å². The number of hydrogen-bond acceptors (Lipinski definition) is 0. The fourth-order valence-corrected chi connectivity index (χ4v) is 2.13. The van der Waals surface area contributed by atoms with Crippen LogP contribution in [0.3, 0.4) is 0 Å². The van der Waals surface area contributed by atoms with Crippen LogP contribution < -0.4 is 16.4 Å². The van der Waals surface area contributed by atoms with Crippen LogP contribution in [0.5, 0.6) is 0 Å². The third kappa shape index (κ3) is 8.74. The zero-order chi connectivity index (χ0) is 27.9. The molecule has 0 N–H and O–H groups in total. The topological polar surface area (TPSA) is 0 Å². The Morgan fingerprint density at radius 3 is 0.676 bits per heavy atom. The van der Waals surface area contributed by atoms with E-state index >= 15 is 0 Å². The third-order valence-electron chi connectivity index (χ3n) is 3.90. The van der Waals surface area contributed by atoms with Gasteiger partial charge in [0.1, 0.15) is 0 Å². The van der Waals surface area contributed by atoms with Crippen molar-refractivity contribution >= 4 is 46.6 Å². The first-order valence-electron chi connectivity index (χ1n) is 8.86. The first kappa shape index (κ1) is 33.9. The van der Waals surface area contributed by atoms with Gasteiger partial charge in [0.2, 0.25) is 0 Å². The van der Waals surface area contributed by atoms with Gasteiger partial charge in [0.25, 0.3) is 0 Å². The maximum atomic E-state index is 12.4. The van der Waals surface area contributed by atoms with E-state index in [1.165, 1.54) is 0 Å². The van der Waals surface area contributed by atoms with Gasteiger partial charge in [0.15, 0.2) is 52.4 Å². The van der Waals surface area contributed by atoms with Crippen LogP contribution in [0.15, 0.2) is 36.4 Å². The lowest BCUT2D eigenvalue weighted by Gasteiger charge is -1.99. The molecule has 37 heavy (non-hydrogen) atoms. The van der Waals surface area contributed by atoms with E-state index in [1.54, 1.807) is 0 Å². The summed E-state index contributed by atoms with van der Waals surface area (Å²) < 4.78 is 181. The Balaban J connectivity index is 0.000000518. The van der Waals surface area contributed by atoms with Gasteiger partial charge in [0, 0.05) is 16.4 Å². The van der Waals surface area contributed by atoms with E-state index in [2.05, 4.69) is 0 Å². The van der Waals surface area contributed by atoms with Crippen LogP contribution in [-0.4, -0.2) is 30.2 Å². The van der Waals surface area contributed by atoms with Crippen LogP contribution in [0.1, 0.15) is 0 Å². The Hall–Kier alpha value is -3.13. The standard InChI is InChI=1S/3C6H2BF5.BH3/c3*8-4-2-1-3(7(11)12)5(9)6(4)10;/h3*1-2H;1H3. The molecule has 3 rings (SSSR count). The van der Waals surface area contributed by atoms with Crippen molar-refractivity contribution in [2.45, 2.75) is 0 Å². The van der Waals surface area contributed by atoms with E-state index < -0.39 is 90.5 Å². The Morgan fingerprint density at radius 2 is 0.514 bits per heavy atom. The fraction of sp³-hybridized carbons (Fsp3) is 0. The molecule has 0 bridgehead atoms. The molecule has 0 atom stereocenters. The highest BCUT2D eigenvalue weighted by molar-refractivity contribution is 6.60. The van der Waals surface area contributed by atoms with Crippen LogP contribution in [0.4, 0.5) is 65.4 Å². The van der Waals surface area contributed by atoms with Crippen molar-refractivity contribution in [3.05, 3.63) is 88.8 Å². The van der Waals surface area contributed by atoms with E-state index in [-0.39, 0.29) is 8.41 Å². The van der Waals surface area contributed by atoms with E-state index in [0.717, 1.165) is 0 Å². The van der Waals surface area contributed by atoms with Crippen LogP contribution in [0.25, 0.3) is 0 Å². The summed E-state index contributed by atoms with van der Waals surface area (Å²) in [5.41, 5.74) is -3.39. The van der Waals surface area contributed by atoms with Crippen LogP contribution in [-0.2, 0) is 0 Å². The normalized spacial score (nSPS) is 9.81. The van der Waals surface area contributed by atoms with Crippen molar-refractivity contribution in [2.75, 3.05) is 0 Å². The molecular weight excluding hydrogens is 544 g/mol. The van der Waals surface area contributed by atoms with E-state index in [0.29, 0.717) is 36.4 Å². The molecule has 0 radical (unpaired) electrons. The van der Waals surface area contributed by atoms with E-state index in [9.17, 15) is 65.4 Å². The maximum Gasteiger partial charge on any atom is 0.575 e. The molecule has 0 nitrogen and oxygen atoms in total. The molecule has 0 amide bonds. The highest BCUT2D eigenvalue weighted by Gasteiger charge is 2.26. The minimum Gasteiger partial charge on any atom is -0.281 e. The van der Waals surface area contributed by atoms with Crippen LogP contribution in [0.2, 0.25) is 0 Å². The van der Waals surface area contributed by atoms with Gasteiger partial charge in [-0.05, 0) is 18.2 Å². The summed E-state index contributed by atoms with van der Waals surface area (Å²) in [4.78, 5) is 0. The lowest BCUT2D eigenvalue weighted by molar-refractivity contribution is 0.449. The first-order chi connectivity index (χ1) is 16.6. The Labute approximate surface area is 201 Å². The predicted octanol–water partition coefficient (Wildman–Crippen LogP) is 4.03. The molecule has 0 aliphatic carbocycles. The molecule has 0 unspecified atom stereocenters. The lowest BCUT2D eigenvalue weighted by atomic mass is 9.85. The monoisotopic (exact) mass is 554 g/mol. The van der Waals surface area contributed by atoms with E-state index in [4.69, 9.17) is 0 Å². The summed E-state index contributed by atoms with van der Waals surface area (Å²) in [7, 11) is -9.42. The summed E-state index contributed by atoms with van der Waals surface area (Å²) in [6.45, 7) is 0. The molecule has 0 spiro atoms. The van der Waals surface area contributed by atoms with Crippen molar-refractivity contribution in [3.8, 4) is 0 Å². The van der Waals surface area contributed by atoms with Crippen molar-refractivity contribution in [1.82, 2.24) is 0 Å². The number of rotatable bonds is 3. The highest BCUT2D eigenvalue weighted by Crippen LogP contribution is 2.11. The summed E-state index contributed by atoms with van der Waals surface area (Å²) in [6, 6.07) is 2.91. The number of benzene rings is 3. The van der Waals surface area contributed by atoms with Gasteiger partial charge in [-0.3, -0.25) is 25.9 Å². The first-order valence-corrected chi connectivity index (χ1v) is 8.86. The Morgan fingerprint density at radius 1 is 0.324 bits per heavy atom. The Kier molecular flexibility index (Phi) is 13.3. The van der Waals surface area contributed by atoms with Crippen molar-refractivity contribution in [2.24, 2.45) is 0 Å². The predicted molar refractivity (Wildman–Crippen MR) is 112 cm³/mol. The van der Waals surface area contributed by atoms with Gasteiger partial charge in [-0.1, -0.05) is 18.2 Å².